The van der Waals surface area contributed by atoms with E-state index in [4.69, 9.17) is 5.11 Å². The van der Waals surface area contributed by atoms with E-state index >= 15 is 0 Å². The number of piperazine rings is 1. The van der Waals surface area contributed by atoms with Crippen LogP contribution in [-0.4, -0.2) is 46.3 Å². The fourth-order valence-electron chi connectivity index (χ4n) is 2.82. The standard InChI is InChI=1S/C15H19N3O2.ClH/c19-15(20)18-10-7-16-13(11-18)6-9-17-8-5-12-3-1-2-4-14(12)17;/h1-5,8,13,16H,6-7,9-11H2,(H,19,20);1H/t13-;/m1./s1. The number of nitrogens with one attached hydrogen (secondary N) is 1. The van der Waals surface area contributed by atoms with Gasteiger partial charge in [-0.15, -0.1) is 12.4 Å². The number of hydrogen-bond donors (Lipinski definition) is 2. The van der Waals surface area contributed by atoms with Crippen LogP contribution in [0.25, 0.3) is 10.9 Å². The number of halogens is 1. The molecule has 21 heavy (non-hydrogen) atoms. The second-order valence-electron chi connectivity index (χ2n) is 5.24. The van der Waals surface area contributed by atoms with Crippen molar-refractivity contribution >= 4 is 29.4 Å². The highest BCUT2D eigenvalue weighted by atomic mass is 35.5. The second kappa shape index (κ2) is 6.83. The minimum Gasteiger partial charge on any atom is -0.465 e. The number of carboxylic acid groups (broad SMARTS) is 1. The molecule has 1 aliphatic rings. The molecule has 1 fully saturated rings. The number of hydrogen-bond acceptors (Lipinski definition) is 2. The maximum absolute atomic E-state index is 11.0. The molecule has 114 valence electrons. The average molecular weight is 310 g/mol. The maximum atomic E-state index is 11.0. The van der Waals surface area contributed by atoms with Gasteiger partial charge >= 0.3 is 6.09 Å². The minimum atomic E-state index is -0.817. The van der Waals surface area contributed by atoms with E-state index in [0.29, 0.717) is 13.1 Å². The molecule has 1 aromatic heterocycles. The number of carbonyl (C=O) groups is 1. The first kappa shape index (κ1) is 15.7. The predicted molar refractivity (Wildman–Crippen MR) is 85.2 cm³/mol. The van der Waals surface area contributed by atoms with E-state index in [1.165, 1.54) is 15.8 Å². The summed E-state index contributed by atoms with van der Waals surface area (Å²) in [5.41, 5.74) is 1.23. The summed E-state index contributed by atoms with van der Waals surface area (Å²) in [7, 11) is 0. The van der Waals surface area contributed by atoms with E-state index in [2.05, 4.69) is 34.3 Å². The van der Waals surface area contributed by atoms with Crippen LogP contribution in [0, 0.1) is 0 Å². The summed E-state index contributed by atoms with van der Waals surface area (Å²) < 4.78 is 2.23. The van der Waals surface area contributed by atoms with E-state index in [1.807, 2.05) is 12.1 Å². The van der Waals surface area contributed by atoms with Crippen LogP contribution in [0.2, 0.25) is 0 Å². The molecule has 1 aliphatic heterocycles. The van der Waals surface area contributed by atoms with Crippen molar-refractivity contribution in [2.75, 3.05) is 19.6 Å². The first-order chi connectivity index (χ1) is 9.74. The quantitative estimate of drug-likeness (QED) is 0.915. The molecule has 1 amide bonds. The van der Waals surface area contributed by atoms with Crippen molar-refractivity contribution < 1.29 is 9.90 Å². The first-order valence-corrected chi connectivity index (χ1v) is 6.99. The lowest BCUT2D eigenvalue weighted by molar-refractivity contribution is 0.127. The molecule has 0 radical (unpaired) electrons. The monoisotopic (exact) mass is 309 g/mol. The Kier molecular flexibility index (Phi) is 5.09. The third-order valence-electron chi connectivity index (χ3n) is 3.92. The Morgan fingerprint density at radius 1 is 1.33 bits per heavy atom. The molecular weight excluding hydrogens is 290 g/mol. The molecule has 1 atom stereocenters. The van der Waals surface area contributed by atoms with Gasteiger partial charge in [-0.3, -0.25) is 0 Å². The Bertz CT molecular complexity index is 614. The molecule has 2 heterocycles. The Labute approximate surface area is 129 Å². The van der Waals surface area contributed by atoms with Gasteiger partial charge in [-0.1, -0.05) is 18.2 Å². The van der Waals surface area contributed by atoms with E-state index in [9.17, 15) is 4.79 Å². The van der Waals surface area contributed by atoms with Crippen LogP contribution in [0.4, 0.5) is 4.79 Å². The van der Waals surface area contributed by atoms with Gasteiger partial charge in [-0.05, 0) is 23.9 Å². The van der Waals surface area contributed by atoms with E-state index in [1.54, 1.807) is 0 Å². The van der Waals surface area contributed by atoms with Crippen molar-refractivity contribution in [3.8, 4) is 0 Å². The van der Waals surface area contributed by atoms with Crippen molar-refractivity contribution in [1.29, 1.82) is 0 Å². The number of para-hydroxylation sites is 1. The molecule has 0 aliphatic carbocycles. The molecule has 6 heteroatoms. The van der Waals surface area contributed by atoms with Gasteiger partial charge in [0.1, 0.15) is 0 Å². The number of aryl methyl sites for hydroxylation is 1. The molecule has 0 bridgehead atoms. The van der Waals surface area contributed by atoms with Crippen LogP contribution in [0.1, 0.15) is 6.42 Å². The highest BCUT2D eigenvalue weighted by molar-refractivity contribution is 5.85. The largest absolute Gasteiger partial charge is 0.465 e. The van der Waals surface area contributed by atoms with E-state index in [0.717, 1.165) is 19.5 Å². The number of amides is 1. The molecule has 0 unspecified atom stereocenters. The van der Waals surface area contributed by atoms with Crippen molar-refractivity contribution in [3.05, 3.63) is 36.5 Å². The molecular formula is C15H20ClN3O2. The molecule has 2 N–H and O–H groups in total. The normalized spacial score (nSPS) is 18.5. The Morgan fingerprint density at radius 2 is 2.14 bits per heavy atom. The summed E-state index contributed by atoms with van der Waals surface area (Å²) in [6.07, 6.45) is 2.22. The summed E-state index contributed by atoms with van der Waals surface area (Å²) in [5, 5.41) is 13.7. The third-order valence-corrected chi connectivity index (χ3v) is 3.92. The predicted octanol–water partition coefficient (Wildman–Crippen LogP) is 2.41. The molecule has 5 nitrogen and oxygen atoms in total. The summed E-state index contributed by atoms with van der Waals surface area (Å²) in [6.45, 7) is 2.80. The maximum Gasteiger partial charge on any atom is 0.407 e. The third kappa shape index (κ3) is 3.49. The van der Waals surface area contributed by atoms with Crippen LogP contribution in [0.3, 0.4) is 0 Å². The lowest BCUT2D eigenvalue weighted by Gasteiger charge is -2.32. The van der Waals surface area contributed by atoms with E-state index in [-0.39, 0.29) is 18.4 Å². The van der Waals surface area contributed by atoms with E-state index < -0.39 is 6.09 Å². The fourth-order valence-corrected chi connectivity index (χ4v) is 2.82. The van der Waals surface area contributed by atoms with Gasteiger partial charge in [0.15, 0.2) is 0 Å². The molecule has 2 aromatic rings. The average Bonchev–Trinajstić information content (AvgIpc) is 2.89. The number of rotatable bonds is 3. The number of fused-ring (bicyclic) bond motifs is 1. The summed E-state index contributed by atoms with van der Waals surface area (Å²) in [6, 6.07) is 10.7. The van der Waals surface area contributed by atoms with Gasteiger partial charge in [0, 0.05) is 43.9 Å². The van der Waals surface area contributed by atoms with Gasteiger partial charge in [0.05, 0.1) is 0 Å². The lowest BCUT2D eigenvalue weighted by atomic mass is 10.1. The highest BCUT2D eigenvalue weighted by Crippen LogP contribution is 2.16. The zero-order valence-corrected chi connectivity index (χ0v) is 12.6. The van der Waals surface area contributed by atoms with Crippen molar-refractivity contribution in [2.45, 2.75) is 19.0 Å². The highest BCUT2D eigenvalue weighted by Gasteiger charge is 2.22. The molecule has 0 spiro atoms. The second-order valence-corrected chi connectivity index (χ2v) is 5.24. The fraction of sp³-hybridized carbons (Fsp3) is 0.400. The zero-order valence-electron chi connectivity index (χ0n) is 11.7. The topological polar surface area (TPSA) is 57.5 Å². The number of benzene rings is 1. The van der Waals surface area contributed by atoms with Crippen LogP contribution in [0.5, 0.6) is 0 Å². The van der Waals surface area contributed by atoms with Crippen LogP contribution in [0.15, 0.2) is 36.5 Å². The smallest absolute Gasteiger partial charge is 0.407 e. The van der Waals surface area contributed by atoms with Crippen LogP contribution >= 0.6 is 12.4 Å². The van der Waals surface area contributed by atoms with Gasteiger partial charge in [0.2, 0.25) is 0 Å². The molecule has 1 saturated heterocycles. The first-order valence-electron chi connectivity index (χ1n) is 6.99. The lowest BCUT2D eigenvalue weighted by Crippen LogP contribution is -2.52. The van der Waals surface area contributed by atoms with Gasteiger partial charge in [0.25, 0.3) is 0 Å². The van der Waals surface area contributed by atoms with Crippen LogP contribution < -0.4 is 5.32 Å². The van der Waals surface area contributed by atoms with Gasteiger partial charge in [-0.2, -0.15) is 0 Å². The van der Waals surface area contributed by atoms with Crippen molar-refractivity contribution in [1.82, 2.24) is 14.8 Å². The van der Waals surface area contributed by atoms with Gasteiger partial charge in [-0.25, -0.2) is 4.79 Å². The minimum absolute atomic E-state index is 0. The van der Waals surface area contributed by atoms with Crippen molar-refractivity contribution in [2.24, 2.45) is 0 Å². The Morgan fingerprint density at radius 3 is 2.95 bits per heavy atom. The number of aromatic nitrogens is 1. The Hall–Kier alpha value is -1.72. The molecule has 3 rings (SSSR count). The van der Waals surface area contributed by atoms with Crippen LogP contribution in [-0.2, 0) is 6.54 Å². The summed E-state index contributed by atoms with van der Waals surface area (Å²) in [4.78, 5) is 12.5. The summed E-state index contributed by atoms with van der Waals surface area (Å²) in [5.74, 6) is 0. The van der Waals surface area contributed by atoms with Crippen molar-refractivity contribution in [3.63, 3.8) is 0 Å². The summed E-state index contributed by atoms with van der Waals surface area (Å²) >= 11 is 0. The zero-order chi connectivity index (χ0) is 13.9. The molecule has 0 saturated carbocycles. The number of nitrogens with zero attached hydrogens (tertiary/aromatic N) is 2. The molecule has 1 aromatic carbocycles. The Balaban J connectivity index is 0.00000161. The van der Waals surface area contributed by atoms with Gasteiger partial charge < -0.3 is 19.9 Å². The SMILES string of the molecule is Cl.O=C(O)N1CCN[C@H](CCn2ccc3ccccc32)C1.